The summed E-state index contributed by atoms with van der Waals surface area (Å²) < 4.78 is 12.0. The lowest BCUT2D eigenvalue weighted by atomic mass is 9.95. The van der Waals surface area contributed by atoms with E-state index in [4.69, 9.17) is 15.2 Å². The van der Waals surface area contributed by atoms with Crippen molar-refractivity contribution in [2.24, 2.45) is 10.7 Å². The number of piperidine rings is 1. The zero-order chi connectivity index (χ0) is 25.8. The molecule has 0 radical (unpaired) electrons. The maximum atomic E-state index is 6.17. The number of nitrogens with two attached hydrogens (primary N) is 1. The van der Waals surface area contributed by atoms with Crippen molar-refractivity contribution in [3.8, 4) is 11.5 Å². The second-order valence-electron chi connectivity index (χ2n) is 9.52. The summed E-state index contributed by atoms with van der Waals surface area (Å²) in [5.41, 5.74) is 10.1. The van der Waals surface area contributed by atoms with E-state index >= 15 is 0 Å². The minimum Gasteiger partial charge on any atom is -0.459 e. The maximum Gasteiger partial charge on any atom is 0.287 e. The number of aryl methyl sites for hydroxylation is 2. The lowest BCUT2D eigenvalue weighted by Gasteiger charge is -2.33. The monoisotopic (exact) mass is 497 g/mol. The lowest BCUT2D eigenvalue weighted by Crippen LogP contribution is -2.44. The summed E-state index contributed by atoms with van der Waals surface area (Å²) in [6, 6.07) is 15.6. The normalized spacial score (nSPS) is 15.4. The molecule has 3 heterocycles. The molecule has 190 valence electrons. The minimum atomic E-state index is -0.310. The molecule has 1 aliphatic heterocycles. The molecule has 1 fully saturated rings. The second kappa shape index (κ2) is 10.4. The molecule has 37 heavy (non-hydrogen) atoms. The molecule has 1 saturated heterocycles. The molecule has 0 amide bonds. The van der Waals surface area contributed by atoms with Crippen molar-refractivity contribution in [1.82, 2.24) is 20.3 Å². The van der Waals surface area contributed by atoms with E-state index in [9.17, 15) is 0 Å². The van der Waals surface area contributed by atoms with Gasteiger partial charge >= 0.3 is 0 Å². The summed E-state index contributed by atoms with van der Waals surface area (Å²) in [4.78, 5) is 17.7. The standard InChI is InChI=1S/C28H31N7O2/c1-18-14-20(6-9-25(18)36-22-7-4-19(2)31-16-22)34-26-23-15-21(5-8-24(23)32-17-33-26)35-27(29)37-28(3)10-12-30-13-11-28/h4-9,14-17,30H,10-13H2,1-3H3,(H2,29,35)(H,32,33,34). The van der Waals surface area contributed by atoms with E-state index in [0.29, 0.717) is 17.3 Å². The first-order valence-corrected chi connectivity index (χ1v) is 12.3. The van der Waals surface area contributed by atoms with Crippen LogP contribution in [0.25, 0.3) is 10.9 Å². The molecule has 1 aliphatic rings. The Labute approximate surface area is 216 Å². The summed E-state index contributed by atoms with van der Waals surface area (Å²) in [5, 5.41) is 7.57. The Morgan fingerprint density at radius 3 is 2.62 bits per heavy atom. The average Bonchev–Trinajstić information content (AvgIpc) is 2.87. The molecule has 0 aliphatic carbocycles. The summed E-state index contributed by atoms with van der Waals surface area (Å²) >= 11 is 0. The number of hydrogen-bond acceptors (Lipinski definition) is 8. The molecule has 0 atom stereocenters. The summed E-state index contributed by atoms with van der Waals surface area (Å²) in [6.45, 7) is 7.82. The van der Waals surface area contributed by atoms with Gasteiger partial charge in [-0.05, 0) is 101 Å². The van der Waals surface area contributed by atoms with Gasteiger partial charge in [-0.25, -0.2) is 9.97 Å². The molecule has 9 nitrogen and oxygen atoms in total. The summed E-state index contributed by atoms with van der Waals surface area (Å²) in [6.07, 6.45) is 5.03. The van der Waals surface area contributed by atoms with Gasteiger partial charge in [0.15, 0.2) is 0 Å². The van der Waals surface area contributed by atoms with Gasteiger partial charge < -0.3 is 25.8 Å². The molecule has 5 rings (SSSR count). The van der Waals surface area contributed by atoms with Crippen molar-refractivity contribution in [1.29, 1.82) is 0 Å². The molecule has 0 bridgehead atoms. The van der Waals surface area contributed by atoms with Crippen LogP contribution in [-0.2, 0) is 4.74 Å². The smallest absolute Gasteiger partial charge is 0.287 e. The average molecular weight is 498 g/mol. The maximum absolute atomic E-state index is 6.17. The SMILES string of the molecule is Cc1ccc(Oc2ccc(Nc3ncnc4ccc(N=C(N)OC5(C)CCNCC5)cc34)cc2C)cn1. The number of anilines is 2. The first kappa shape index (κ1) is 24.5. The molecule has 0 saturated carbocycles. The molecule has 9 heteroatoms. The van der Waals surface area contributed by atoms with Gasteiger partial charge in [-0.3, -0.25) is 4.98 Å². The Bertz CT molecular complexity index is 1430. The van der Waals surface area contributed by atoms with Crippen LogP contribution in [0.5, 0.6) is 11.5 Å². The van der Waals surface area contributed by atoms with Gasteiger partial charge in [0.05, 0.1) is 17.4 Å². The largest absolute Gasteiger partial charge is 0.459 e. The van der Waals surface area contributed by atoms with Crippen LogP contribution in [0.4, 0.5) is 17.2 Å². The zero-order valence-electron chi connectivity index (χ0n) is 21.3. The predicted molar refractivity (Wildman–Crippen MR) is 146 cm³/mol. The van der Waals surface area contributed by atoms with Gasteiger partial charge in [0.25, 0.3) is 6.02 Å². The van der Waals surface area contributed by atoms with E-state index in [1.54, 1.807) is 6.20 Å². The van der Waals surface area contributed by atoms with Crippen molar-refractivity contribution < 1.29 is 9.47 Å². The molecule has 2 aromatic carbocycles. The van der Waals surface area contributed by atoms with E-state index in [0.717, 1.165) is 59.5 Å². The molecular weight excluding hydrogens is 466 g/mol. The quantitative estimate of drug-likeness (QED) is 0.243. The molecule has 0 spiro atoms. The Hall–Kier alpha value is -4.24. The van der Waals surface area contributed by atoms with Gasteiger partial charge in [-0.2, -0.15) is 4.99 Å². The number of hydrogen-bond donors (Lipinski definition) is 3. The third-order valence-electron chi connectivity index (χ3n) is 6.42. The summed E-state index contributed by atoms with van der Waals surface area (Å²) in [5.74, 6) is 2.13. The van der Waals surface area contributed by atoms with Gasteiger partial charge in [-0.1, -0.05) is 0 Å². The van der Waals surface area contributed by atoms with Crippen LogP contribution in [0, 0.1) is 13.8 Å². The lowest BCUT2D eigenvalue weighted by molar-refractivity contribution is 0.0414. The van der Waals surface area contributed by atoms with Crippen LogP contribution < -0.4 is 21.1 Å². The number of pyridine rings is 1. The number of nitrogens with one attached hydrogen (secondary N) is 2. The molecule has 4 N–H and O–H groups in total. The van der Waals surface area contributed by atoms with Crippen molar-refractivity contribution in [2.45, 2.75) is 39.2 Å². The number of ether oxygens (including phenoxy) is 2. The highest BCUT2D eigenvalue weighted by atomic mass is 16.5. The first-order valence-electron chi connectivity index (χ1n) is 12.3. The highest BCUT2D eigenvalue weighted by Gasteiger charge is 2.29. The minimum absolute atomic E-state index is 0.157. The van der Waals surface area contributed by atoms with Gasteiger partial charge in [0.1, 0.15) is 29.2 Å². The Morgan fingerprint density at radius 2 is 1.86 bits per heavy atom. The number of rotatable bonds is 6. The Balaban J connectivity index is 1.35. The number of aromatic nitrogens is 3. The van der Waals surface area contributed by atoms with Crippen LogP contribution in [0.3, 0.4) is 0 Å². The molecule has 0 unspecified atom stereocenters. The number of nitrogens with zero attached hydrogens (tertiary/aromatic N) is 4. The third-order valence-corrected chi connectivity index (χ3v) is 6.42. The first-order chi connectivity index (χ1) is 17.9. The number of aliphatic imine (C=N–C) groups is 1. The number of amidine groups is 1. The topological polar surface area (TPSA) is 120 Å². The fourth-order valence-corrected chi connectivity index (χ4v) is 4.29. The van der Waals surface area contributed by atoms with E-state index in [2.05, 4.69) is 37.5 Å². The fourth-order valence-electron chi connectivity index (χ4n) is 4.29. The second-order valence-corrected chi connectivity index (χ2v) is 9.52. The van der Waals surface area contributed by atoms with E-state index in [-0.39, 0.29) is 11.6 Å². The van der Waals surface area contributed by atoms with Gasteiger partial charge in [0.2, 0.25) is 0 Å². The van der Waals surface area contributed by atoms with E-state index < -0.39 is 0 Å². The predicted octanol–water partition coefficient (Wildman–Crippen LogP) is 5.28. The van der Waals surface area contributed by atoms with E-state index in [1.165, 1.54) is 6.33 Å². The van der Waals surface area contributed by atoms with Crippen LogP contribution in [-0.4, -0.2) is 39.7 Å². The van der Waals surface area contributed by atoms with Crippen molar-refractivity contribution in [3.63, 3.8) is 0 Å². The molecule has 2 aromatic heterocycles. The molecule has 4 aromatic rings. The fraction of sp³-hybridized carbons (Fsp3) is 0.286. The zero-order valence-corrected chi connectivity index (χ0v) is 21.3. The van der Waals surface area contributed by atoms with Gasteiger partial charge in [0, 0.05) is 16.8 Å². The highest BCUT2D eigenvalue weighted by Crippen LogP contribution is 2.31. The van der Waals surface area contributed by atoms with Crippen LogP contribution in [0.1, 0.15) is 31.0 Å². The van der Waals surface area contributed by atoms with Crippen molar-refractivity contribution in [3.05, 3.63) is 72.3 Å². The number of fused-ring (bicyclic) bond motifs is 1. The van der Waals surface area contributed by atoms with Gasteiger partial charge in [-0.15, -0.1) is 0 Å². The Morgan fingerprint density at radius 1 is 1.03 bits per heavy atom. The summed E-state index contributed by atoms with van der Waals surface area (Å²) in [7, 11) is 0. The molecular formula is C28H31N7O2. The van der Waals surface area contributed by atoms with Crippen LogP contribution in [0.2, 0.25) is 0 Å². The van der Waals surface area contributed by atoms with Crippen molar-refractivity contribution >= 4 is 34.1 Å². The van der Waals surface area contributed by atoms with Crippen LogP contribution >= 0.6 is 0 Å². The third kappa shape index (κ3) is 5.95. The Kier molecular flexibility index (Phi) is 6.87. The van der Waals surface area contributed by atoms with E-state index in [1.807, 2.05) is 62.4 Å². The highest BCUT2D eigenvalue weighted by molar-refractivity contribution is 5.93. The number of benzene rings is 2. The van der Waals surface area contributed by atoms with Crippen LogP contribution in [0.15, 0.2) is 66.0 Å². The van der Waals surface area contributed by atoms with Crippen molar-refractivity contribution in [2.75, 3.05) is 18.4 Å².